The normalized spacial score (nSPS) is 12.7. The smallest absolute Gasteiger partial charge is 0.321 e. The summed E-state index contributed by atoms with van der Waals surface area (Å²) >= 11 is 0. The van der Waals surface area contributed by atoms with Gasteiger partial charge in [-0.15, -0.1) is 0 Å². The van der Waals surface area contributed by atoms with Crippen molar-refractivity contribution >= 4 is 16.9 Å². The van der Waals surface area contributed by atoms with Crippen LogP contribution in [0.2, 0.25) is 0 Å². The third kappa shape index (κ3) is 3.13. The van der Waals surface area contributed by atoms with Gasteiger partial charge >= 0.3 is 5.97 Å². The lowest BCUT2D eigenvalue weighted by Gasteiger charge is -2.07. The van der Waals surface area contributed by atoms with Crippen molar-refractivity contribution in [2.24, 2.45) is 12.8 Å². The molecule has 1 heterocycles. The first kappa shape index (κ1) is 13.6. The number of hydrogen-bond donors (Lipinski definition) is 3. The van der Waals surface area contributed by atoms with Gasteiger partial charge in [0.2, 0.25) is 0 Å². The maximum absolute atomic E-state index is 10.6. The fourth-order valence-electron chi connectivity index (χ4n) is 2.19. The summed E-state index contributed by atoms with van der Waals surface area (Å²) in [5.41, 5.74) is 7.89. The summed E-state index contributed by atoms with van der Waals surface area (Å²) in [6.45, 7) is 1.01. The molecule has 4 N–H and O–H groups in total. The number of benzene rings is 1. The van der Waals surface area contributed by atoms with Crippen LogP contribution in [-0.4, -0.2) is 34.8 Å². The maximum atomic E-state index is 10.6. The topological polar surface area (TPSA) is 80.3 Å². The van der Waals surface area contributed by atoms with Crippen LogP contribution in [0.3, 0.4) is 0 Å². The fourth-order valence-corrected chi connectivity index (χ4v) is 2.19. The Balaban J connectivity index is 1.93. The van der Waals surface area contributed by atoms with Gasteiger partial charge in [0.25, 0.3) is 0 Å². The number of fused-ring (bicyclic) bond motifs is 1. The van der Waals surface area contributed by atoms with Gasteiger partial charge in [0.15, 0.2) is 0 Å². The largest absolute Gasteiger partial charge is 0.480 e. The molecule has 1 unspecified atom stereocenters. The summed E-state index contributed by atoms with van der Waals surface area (Å²) in [5.74, 6) is -0.974. The number of aliphatic carboxylic acids is 1. The zero-order valence-electron chi connectivity index (χ0n) is 11.0. The van der Waals surface area contributed by atoms with Crippen molar-refractivity contribution in [2.45, 2.75) is 12.5 Å². The molecule has 102 valence electrons. The number of aryl methyl sites for hydroxylation is 1. The zero-order valence-corrected chi connectivity index (χ0v) is 11.0. The Morgan fingerprint density at radius 1 is 1.47 bits per heavy atom. The van der Waals surface area contributed by atoms with Gasteiger partial charge in [-0.05, 0) is 24.6 Å². The molecule has 1 aromatic heterocycles. The molecule has 0 spiro atoms. The van der Waals surface area contributed by atoms with Crippen LogP contribution in [0.5, 0.6) is 0 Å². The molecule has 1 aromatic carbocycles. The molecule has 1 atom stereocenters. The van der Waals surface area contributed by atoms with Gasteiger partial charge in [-0.3, -0.25) is 4.79 Å². The lowest BCUT2D eigenvalue weighted by molar-refractivity contribution is -0.138. The van der Waals surface area contributed by atoms with Crippen molar-refractivity contribution in [2.75, 3.05) is 13.1 Å². The molecule has 0 fully saturated rings. The van der Waals surface area contributed by atoms with Crippen LogP contribution in [0.4, 0.5) is 0 Å². The second-order valence-corrected chi connectivity index (χ2v) is 4.68. The number of carboxylic acid groups (broad SMARTS) is 1. The van der Waals surface area contributed by atoms with Crippen LogP contribution in [0.25, 0.3) is 10.9 Å². The van der Waals surface area contributed by atoms with Crippen LogP contribution in [0.15, 0.2) is 30.5 Å². The lowest BCUT2D eigenvalue weighted by Crippen LogP contribution is -2.40. The van der Waals surface area contributed by atoms with Crippen LogP contribution in [0, 0.1) is 0 Å². The average molecular weight is 261 g/mol. The molecular weight excluding hydrogens is 242 g/mol. The molecule has 0 saturated carbocycles. The molecule has 0 radical (unpaired) electrons. The van der Waals surface area contributed by atoms with E-state index < -0.39 is 12.0 Å². The van der Waals surface area contributed by atoms with Crippen LogP contribution in [-0.2, 0) is 18.3 Å². The Kier molecular flexibility index (Phi) is 4.19. The van der Waals surface area contributed by atoms with E-state index in [1.807, 2.05) is 19.2 Å². The average Bonchev–Trinajstić information content (AvgIpc) is 2.72. The number of carboxylic acids is 1. The molecular formula is C14H19N3O2. The number of hydrogen-bond acceptors (Lipinski definition) is 3. The zero-order chi connectivity index (χ0) is 13.8. The highest BCUT2D eigenvalue weighted by atomic mass is 16.4. The van der Waals surface area contributed by atoms with Crippen molar-refractivity contribution < 1.29 is 9.90 Å². The minimum atomic E-state index is -0.974. The Labute approximate surface area is 112 Å². The van der Waals surface area contributed by atoms with Gasteiger partial charge in [0.1, 0.15) is 6.04 Å². The van der Waals surface area contributed by atoms with Crippen molar-refractivity contribution in [3.63, 3.8) is 0 Å². The first-order chi connectivity index (χ1) is 9.09. The molecule has 2 rings (SSSR count). The summed E-state index contributed by atoms with van der Waals surface area (Å²) in [6.07, 6.45) is 2.97. The summed E-state index contributed by atoms with van der Waals surface area (Å²) < 4.78 is 2.10. The molecule has 5 heteroatoms. The number of carbonyl (C=O) groups is 1. The SMILES string of the molecule is Cn1cc(CCNCC(N)C(=O)O)c2ccccc21. The number of rotatable bonds is 6. The molecule has 5 nitrogen and oxygen atoms in total. The van der Waals surface area contributed by atoms with Gasteiger partial charge in [0, 0.05) is 30.7 Å². The van der Waals surface area contributed by atoms with Crippen LogP contribution in [0.1, 0.15) is 5.56 Å². The van der Waals surface area contributed by atoms with Crippen molar-refractivity contribution in [1.29, 1.82) is 0 Å². The van der Waals surface area contributed by atoms with Crippen LogP contribution < -0.4 is 11.1 Å². The summed E-state index contributed by atoms with van der Waals surface area (Å²) in [7, 11) is 2.03. The van der Waals surface area contributed by atoms with E-state index in [9.17, 15) is 4.79 Å². The van der Waals surface area contributed by atoms with E-state index in [1.54, 1.807) is 0 Å². The molecule has 0 amide bonds. The lowest BCUT2D eigenvalue weighted by atomic mass is 10.1. The van der Waals surface area contributed by atoms with E-state index in [0.717, 1.165) is 13.0 Å². The first-order valence-electron chi connectivity index (χ1n) is 6.31. The minimum Gasteiger partial charge on any atom is -0.480 e. The number of para-hydroxylation sites is 1. The Morgan fingerprint density at radius 2 is 2.21 bits per heavy atom. The summed E-state index contributed by atoms with van der Waals surface area (Å²) in [5, 5.41) is 13.0. The van der Waals surface area contributed by atoms with Gasteiger partial charge in [0.05, 0.1) is 0 Å². The predicted octanol–water partition coefficient (Wildman–Crippen LogP) is 0.722. The number of aromatic nitrogens is 1. The Morgan fingerprint density at radius 3 is 2.95 bits per heavy atom. The first-order valence-corrected chi connectivity index (χ1v) is 6.31. The van der Waals surface area contributed by atoms with E-state index in [-0.39, 0.29) is 0 Å². The van der Waals surface area contributed by atoms with Crippen molar-refractivity contribution in [3.05, 3.63) is 36.0 Å². The minimum absolute atomic E-state index is 0.292. The molecule has 0 aliphatic heterocycles. The van der Waals surface area contributed by atoms with Gasteiger partial charge < -0.3 is 20.7 Å². The van der Waals surface area contributed by atoms with E-state index >= 15 is 0 Å². The molecule has 2 aromatic rings. The number of nitrogens with zero attached hydrogens (tertiary/aromatic N) is 1. The number of nitrogens with one attached hydrogen (secondary N) is 1. The highest BCUT2D eigenvalue weighted by molar-refractivity contribution is 5.83. The molecule has 0 saturated heterocycles. The monoisotopic (exact) mass is 261 g/mol. The second kappa shape index (κ2) is 5.86. The van der Waals surface area contributed by atoms with E-state index in [4.69, 9.17) is 10.8 Å². The highest BCUT2D eigenvalue weighted by Gasteiger charge is 2.10. The van der Waals surface area contributed by atoms with E-state index in [0.29, 0.717) is 6.54 Å². The third-order valence-corrected chi connectivity index (χ3v) is 3.23. The van der Waals surface area contributed by atoms with E-state index in [2.05, 4.69) is 28.2 Å². The fraction of sp³-hybridized carbons (Fsp3) is 0.357. The molecule has 19 heavy (non-hydrogen) atoms. The van der Waals surface area contributed by atoms with Crippen molar-refractivity contribution in [3.8, 4) is 0 Å². The Bertz CT molecular complexity index is 577. The van der Waals surface area contributed by atoms with Gasteiger partial charge in [-0.1, -0.05) is 18.2 Å². The summed E-state index contributed by atoms with van der Waals surface area (Å²) in [4.78, 5) is 10.6. The van der Waals surface area contributed by atoms with Gasteiger partial charge in [-0.25, -0.2) is 0 Å². The van der Waals surface area contributed by atoms with E-state index in [1.165, 1.54) is 16.5 Å². The maximum Gasteiger partial charge on any atom is 0.321 e. The molecule has 0 aliphatic carbocycles. The highest BCUT2D eigenvalue weighted by Crippen LogP contribution is 2.20. The van der Waals surface area contributed by atoms with Crippen LogP contribution >= 0.6 is 0 Å². The Hall–Kier alpha value is -1.85. The van der Waals surface area contributed by atoms with Crippen molar-refractivity contribution in [1.82, 2.24) is 9.88 Å². The standard InChI is InChI=1S/C14H19N3O2/c1-17-9-10(11-4-2-3-5-13(11)17)6-7-16-8-12(15)14(18)19/h2-5,9,12,16H,6-8,15H2,1H3,(H,18,19). The van der Waals surface area contributed by atoms with Gasteiger partial charge in [-0.2, -0.15) is 0 Å². The third-order valence-electron chi connectivity index (χ3n) is 3.23. The molecule has 0 bridgehead atoms. The summed E-state index contributed by atoms with van der Waals surface area (Å²) in [6, 6.07) is 7.41. The quantitative estimate of drug-likeness (QED) is 0.669. The predicted molar refractivity (Wildman–Crippen MR) is 75.1 cm³/mol. The number of nitrogens with two attached hydrogens (primary N) is 1. The molecule has 0 aliphatic rings. The second-order valence-electron chi connectivity index (χ2n) is 4.68.